The molecule has 1 atom stereocenters. The van der Waals surface area contributed by atoms with Crippen LogP contribution < -0.4 is 5.32 Å². The van der Waals surface area contributed by atoms with E-state index in [1.807, 2.05) is 23.8 Å². The maximum Gasteiger partial charge on any atom is 0.416 e. The van der Waals surface area contributed by atoms with Gasteiger partial charge in [0, 0.05) is 32.2 Å². The van der Waals surface area contributed by atoms with Crippen LogP contribution in [-0.2, 0) is 22.6 Å². The van der Waals surface area contributed by atoms with Crippen molar-refractivity contribution in [3.63, 3.8) is 0 Å². The van der Waals surface area contributed by atoms with Crippen LogP contribution in [0.15, 0.2) is 46.0 Å². The molecule has 1 saturated heterocycles. The number of nitrogens with zero attached hydrogens (tertiary/aromatic N) is 2. The van der Waals surface area contributed by atoms with E-state index in [4.69, 9.17) is 0 Å². The topological polar surface area (TPSA) is 69.7 Å². The van der Waals surface area contributed by atoms with Gasteiger partial charge in [-0.2, -0.15) is 28.8 Å². The van der Waals surface area contributed by atoms with Crippen LogP contribution in [-0.4, -0.2) is 55.9 Å². The van der Waals surface area contributed by atoms with Crippen LogP contribution in [0.25, 0.3) is 0 Å². The lowest BCUT2D eigenvalue weighted by Crippen LogP contribution is -2.54. The summed E-state index contributed by atoms with van der Waals surface area (Å²) in [4.78, 5) is 13.8. The third-order valence-electron chi connectivity index (χ3n) is 4.84. The molecule has 0 radical (unpaired) electrons. The summed E-state index contributed by atoms with van der Waals surface area (Å²) in [6, 6.07) is 5.10. The van der Waals surface area contributed by atoms with Crippen molar-refractivity contribution >= 4 is 27.4 Å². The average Bonchev–Trinajstić information content (AvgIpc) is 3.20. The average molecular weight is 462 g/mol. The van der Waals surface area contributed by atoms with E-state index in [1.54, 1.807) is 16.2 Å². The number of hydrogen-bond acceptors (Lipinski definition) is 4. The van der Waals surface area contributed by atoms with Crippen molar-refractivity contribution in [1.29, 1.82) is 0 Å². The zero-order valence-electron chi connectivity index (χ0n) is 16.2. The zero-order valence-corrected chi connectivity index (χ0v) is 17.9. The van der Waals surface area contributed by atoms with Crippen LogP contribution in [0.3, 0.4) is 0 Å². The van der Waals surface area contributed by atoms with Crippen LogP contribution in [0, 0.1) is 0 Å². The van der Waals surface area contributed by atoms with Crippen LogP contribution >= 0.6 is 11.3 Å². The first-order chi connectivity index (χ1) is 14.1. The third kappa shape index (κ3) is 5.32. The lowest BCUT2D eigenvalue weighted by Gasteiger charge is -2.34. The van der Waals surface area contributed by atoms with Crippen molar-refractivity contribution in [2.75, 3.05) is 26.2 Å². The summed E-state index contributed by atoms with van der Waals surface area (Å²) in [6.45, 7) is 2.47. The first-order valence-electron chi connectivity index (χ1n) is 9.31. The van der Waals surface area contributed by atoms with Crippen LogP contribution in [0.4, 0.5) is 18.0 Å². The second-order valence-corrected chi connectivity index (χ2v) is 9.82. The van der Waals surface area contributed by atoms with Gasteiger partial charge < -0.3 is 10.2 Å². The summed E-state index contributed by atoms with van der Waals surface area (Å²) in [6.07, 6.45) is -3.82. The minimum absolute atomic E-state index is 0.0685. The van der Waals surface area contributed by atoms with E-state index in [-0.39, 0.29) is 43.1 Å². The molecule has 30 heavy (non-hydrogen) atoms. The van der Waals surface area contributed by atoms with Gasteiger partial charge in [0.2, 0.25) is 10.0 Å². The number of rotatable bonds is 5. The van der Waals surface area contributed by atoms with E-state index in [0.29, 0.717) is 6.42 Å². The minimum atomic E-state index is -4.53. The van der Waals surface area contributed by atoms with E-state index in [9.17, 15) is 26.4 Å². The number of halogens is 3. The molecule has 0 aliphatic carbocycles. The Labute approximate surface area is 177 Å². The number of thiophene rings is 1. The Morgan fingerprint density at radius 3 is 2.30 bits per heavy atom. The Morgan fingerprint density at radius 2 is 1.77 bits per heavy atom. The molecule has 1 fully saturated rings. The standard InChI is InChI=1S/C19H22F3N3O3S2/c1-14(12-15-6-11-29-13-15)23-18(26)24-7-9-25(10-8-24)30(27,28)17-4-2-16(3-5-17)19(20,21)22/h2-6,11,13-14H,7-10,12H2,1H3,(H,23,26). The van der Waals surface area contributed by atoms with Crippen molar-refractivity contribution in [3.8, 4) is 0 Å². The van der Waals surface area contributed by atoms with Gasteiger partial charge in [-0.25, -0.2) is 13.2 Å². The van der Waals surface area contributed by atoms with E-state index >= 15 is 0 Å². The van der Waals surface area contributed by atoms with E-state index in [2.05, 4.69) is 5.32 Å². The molecule has 1 unspecified atom stereocenters. The number of hydrogen-bond donors (Lipinski definition) is 1. The predicted molar refractivity (Wildman–Crippen MR) is 108 cm³/mol. The maximum atomic E-state index is 12.7. The monoisotopic (exact) mass is 461 g/mol. The molecule has 1 aliphatic rings. The molecular weight excluding hydrogens is 439 g/mol. The molecule has 164 valence electrons. The fourth-order valence-corrected chi connectivity index (χ4v) is 5.32. The Kier molecular flexibility index (Phi) is 6.73. The first kappa shape index (κ1) is 22.6. The van der Waals surface area contributed by atoms with Crippen LogP contribution in [0.2, 0.25) is 0 Å². The number of piperazine rings is 1. The molecule has 0 saturated carbocycles. The Bertz CT molecular complexity index is 953. The maximum absolute atomic E-state index is 12.7. The van der Waals surface area contributed by atoms with E-state index in [1.165, 1.54) is 4.31 Å². The highest BCUT2D eigenvalue weighted by atomic mass is 32.2. The van der Waals surface area contributed by atoms with E-state index < -0.39 is 21.8 Å². The summed E-state index contributed by atoms with van der Waals surface area (Å²) in [5.41, 5.74) is 0.236. The number of carbonyl (C=O) groups is 1. The van der Waals surface area contributed by atoms with Gasteiger partial charge >= 0.3 is 12.2 Å². The number of nitrogens with one attached hydrogen (secondary N) is 1. The van der Waals surface area contributed by atoms with Gasteiger partial charge in [0.15, 0.2) is 0 Å². The number of amides is 2. The van der Waals surface area contributed by atoms with Gasteiger partial charge in [0.1, 0.15) is 0 Å². The molecule has 11 heteroatoms. The summed E-state index contributed by atoms with van der Waals surface area (Å²) in [7, 11) is -3.92. The third-order valence-corrected chi connectivity index (χ3v) is 7.48. The van der Waals surface area contributed by atoms with Crippen molar-refractivity contribution in [3.05, 3.63) is 52.2 Å². The molecular formula is C19H22F3N3O3S2. The molecule has 1 N–H and O–H groups in total. The number of sulfonamides is 1. The van der Waals surface area contributed by atoms with E-state index in [0.717, 1.165) is 29.8 Å². The number of carbonyl (C=O) groups excluding carboxylic acids is 1. The van der Waals surface area contributed by atoms with Crippen LogP contribution in [0.1, 0.15) is 18.1 Å². The summed E-state index contributed by atoms with van der Waals surface area (Å²) < 4.78 is 64.7. The normalized spacial score (nSPS) is 17.0. The highest BCUT2D eigenvalue weighted by Gasteiger charge is 2.33. The summed E-state index contributed by atoms with van der Waals surface area (Å²) >= 11 is 1.59. The lowest BCUT2D eigenvalue weighted by atomic mass is 10.1. The van der Waals surface area contributed by atoms with Gasteiger partial charge in [-0.15, -0.1) is 0 Å². The number of benzene rings is 1. The fourth-order valence-electron chi connectivity index (χ4n) is 3.21. The molecule has 2 heterocycles. The molecule has 3 rings (SSSR count). The lowest BCUT2D eigenvalue weighted by molar-refractivity contribution is -0.137. The molecule has 0 bridgehead atoms. The first-order valence-corrected chi connectivity index (χ1v) is 11.7. The molecule has 6 nitrogen and oxygen atoms in total. The zero-order chi connectivity index (χ0) is 21.9. The minimum Gasteiger partial charge on any atom is -0.335 e. The SMILES string of the molecule is CC(Cc1ccsc1)NC(=O)N1CCN(S(=O)(=O)c2ccc(C(F)(F)F)cc2)CC1. The largest absolute Gasteiger partial charge is 0.416 e. The van der Waals surface area contributed by atoms with Crippen LogP contribution in [0.5, 0.6) is 0 Å². The van der Waals surface area contributed by atoms with Gasteiger partial charge in [0.25, 0.3) is 0 Å². The fraction of sp³-hybridized carbons (Fsp3) is 0.421. The quantitative estimate of drug-likeness (QED) is 0.742. The van der Waals surface area contributed by atoms with Crippen molar-refractivity contribution in [2.24, 2.45) is 0 Å². The Balaban J connectivity index is 1.55. The predicted octanol–water partition coefficient (Wildman–Crippen LogP) is 3.41. The molecule has 2 aromatic rings. The Hall–Kier alpha value is -2.11. The molecule has 1 aromatic heterocycles. The van der Waals surface area contributed by atoms with Crippen molar-refractivity contribution < 1.29 is 26.4 Å². The highest BCUT2D eigenvalue weighted by Crippen LogP contribution is 2.30. The number of alkyl halides is 3. The highest BCUT2D eigenvalue weighted by molar-refractivity contribution is 7.89. The molecule has 1 aromatic carbocycles. The molecule has 1 aliphatic heterocycles. The van der Waals surface area contributed by atoms with Gasteiger partial charge in [-0.05, 0) is 60.0 Å². The van der Waals surface area contributed by atoms with Gasteiger partial charge in [-0.3, -0.25) is 0 Å². The summed E-state index contributed by atoms with van der Waals surface area (Å²) in [5.74, 6) is 0. The second-order valence-electron chi connectivity index (χ2n) is 7.10. The second kappa shape index (κ2) is 8.94. The van der Waals surface area contributed by atoms with Gasteiger partial charge in [-0.1, -0.05) is 0 Å². The molecule has 0 spiro atoms. The number of urea groups is 1. The summed E-state index contributed by atoms with van der Waals surface area (Å²) in [5, 5.41) is 6.90. The molecule has 2 amide bonds. The Morgan fingerprint density at radius 1 is 1.13 bits per heavy atom. The van der Waals surface area contributed by atoms with Gasteiger partial charge in [0.05, 0.1) is 10.5 Å². The smallest absolute Gasteiger partial charge is 0.335 e. The van der Waals surface area contributed by atoms with Crippen molar-refractivity contribution in [1.82, 2.24) is 14.5 Å². The van der Waals surface area contributed by atoms with Crippen molar-refractivity contribution in [2.45, 2.75) is 30.5 Å².